The van der Waals surface area contributed by atoms with E-state index in [9.17, 15) is 0 Å². The molecule has 0 radical (unpaired) electrons. The van der Waals surface area contributed by atoms with E-state index in [1.165, 1.54) is 17.5 Å². The highest BCUT2D eigenvalue weighted by molar-refractivity contribution is 9.09. The van der Waals surface area contributed by atoms with Gasteiger partial charge in [-0.1, -0.05) is 28.9 Å². The molecule has 0 saturated carbocycles. The SMILES string of the molecule is CCOc1ccc(CC)c(CCCBr)c1. The standard InChI is InChI=1S/C13H19BrO/c1-3-11-7-8-13(15-4-2)10-12(11)6-5-9-14/h7-8,10H,3-6,9H2,1-2H3. The highest BCUT2D eigenvalue weighted by Gasteiger charge is 2.02. The zero-order valence-electron chi connectivity index (χ0n) is 9.55. The Morgan fingerprint density at radius 3 is 2.60 bits per heavy atom. The molecular formula is C13H19BrO. The van der Waals surface area contributed by atoms with Crippen molar-refractivity contribution >= 4 is 15.9 Å². The van der Waals surface area contributed by atoms with Crippen LogP contribution >= 0.6 is 15.9 Å². The summed E-state index contributed by atoms with van der Waals surface area (Å²) in [5, 5.41) is 1.06. The van der Waals surface area contributed by atoms with Gasteiger partial charge in [-0.3, -0.25) is 0 Å². The van der Waals surface area contributed by atoms with E-state index in [0.717, 1.165) is 30.5 Å². The van der Waals surface area contributed by atoms with Gasteiger partial charge in [0.1, 0.15) is 5.75 Å². The average molecular weight is 271 g/mol. The Kier molecular flexibility index (Phi) is 5.77. The highest BCUT2D eigenvalue weighted by atomic mass is 79.9. The van der Waals surface area contributed by atoms with Gasteiger partial charge >= 0.3 is 0 Å². The van der Waals surface area contributed by atoms with Crippen LogP contribution in [0.1, 0.15) is 31.4 Å². The smallest absolute Gasteiger partial charge is 0.119 e. The first-order chi connectivity index (χ1) is 7.31. The minimum atomic E-state index is 0.739. The topological polar surface area (TPSA) is 9.23 Å². The van der Waals surface area contributed by atoms with Gasteiger partial charge in [-0.2, -0.15) is 0 Å². The number of rotatable bonds is 6. The van der Waals surface area contributed by atoms with E-state index in [4.69, 9.17) is 4.74 Å². The molecule has 0 amide bonds. The predicted octanol–water partition coefficient (Wildman–Crippen LogP) is 3.98. The molecule has 0 atom stereocenters. The lowest BCUT2D eigenvalue weighted by Gasteiger charge is -2.10. The molecule has 0 N–H and O–H groups in total. The molecule has 0 unspecified atom stereocenters. The summed E-state index contributed by atoms with van der Waals surface area (Å²) in [6.45, 7) is 4.96. The quantitative estimate of drug-likeness (QED) is 0.711. The summed E-state index contributed by atoms with van der Waals surface area (Å²) in [4.78, 5) is 0. The van der Waals surface area contributed by atoms with Crippen LogP contribution in [0.4, 0.5) is 0 Å². The minimum Gasteiger partial charge on any atom is -0.494 e. The van der Waals surface area contributed by atoms with Gasteiger partial charge < -0.3 is 4.74 Å². The Bertz CT molecular complexity index is 297. The summed E-state index contributed by atoms with van der Waals surface area (Å²) in [6, 6.07) is 6.44. The first kappa shape index (κ1) is 12.6. The normalized spacial score (nSPS) is 10.3. The Labute approximate surface area is 101 Å². The van der Waals surface area contributed by atoms with Crippen molar-refractivity contribution in [3.8, 4) is 5.75 Å². The van der Waals surface area contributed by atoms with Gasteiger partial charge in [-0.15, -0.1) is 0 Å². The maximum absolute atomic E-state index is 5.51. The van der Waals surface area contributed by atoms with Crippen LogP contribution in [0.5, 0.6) is 5.75 Å². The van der Waals surface area contributed by atoms with E-state index in [-0.39, 0.29) is 0 Å². The number of hydrogen-bond acceptors (Lipinski definition) is 1. The first-order valence-electron chi connectivity index (χ1n) is 5.62. The number of alkyl halides is 1. The summed E-state index contributed by atoms with van der Waals surface area (Å²) in [6.07, 6.45) is 3.42. The molecule has 0 aliphatic heterocycles. The molecule has 0 bridgehead atoms. The van der Waals surface area contributed by atoms with E-state index in [1.807, 2.05) is 6.92 Å². The summed E-state index contributed by atoms with van der Waals surface area (Å²) in [5.41, 5.74) is 2.88. The van der Waals surface area contributed by atoms with Crippen LogP contribution in [0.2, 0.25) is 0 Å². The van der Waals surface area contributed by atoms with Crippen LogP contribution in [0.15, 0.2) is 18.2 Å². The van der Waals surface area contributed by atoms with Crippen molar-refractivity contribution in [2.24, 2.45) is 0 Å². The maximum atomic E-state index is 5.51. The van der Waals surface area contributed by atoms with Gasteiger partial charge in [-0.05, 0) is 49.4 Å². The van der Waals surface area contributed by atoms with Gasteiger partial charge in [0.15, 0.2) is 0 Å². The van der Waals surface area contributed by atoms with Crippen LogP contribution in [0, 0.1) is 0 Å². The van der Waals surface area contributed by atoms with Crippen molar-refractivity contribution in [2.45, 2.75) is 33.1 Å². The van der Waals surface area contributed by atoms with E-state index < -0.39 is 0 Å². The fourth-order valence-corrected chi connectivity index (χ4v) is 1.97. The molecule has 15 heavy (non-hydrogen) atoms. The van der Waals surface area contributed by atoms with Crippen LogP contribution in [0.25, 0.3) is 0 Å². The molecule has 0 aliphatic rings. The fraction of sp³-hybridized carbons (Fsp3) is 0.538. The summed E-state index contributed by atoms with van der Waals surface area (Å²) < 4.78 is 5.51. The molecule has 0 aliphatic carbocycles. The van der Waals surface area contributed by atoms with Crippen molar-refractivity contribution < 1.29 is 4.74 Å². The van der Waals surface area contributed by atoms with Crippen molar-refractivity contribution in [1.82, 2.24) is 0 Å². The van der Waals surface area contributed by atoms with Crippen molar-refractivity contribution in [3.63, 3.8) is 0 Å². The van der Waals surface area contributed by atoms with E-state index >= 15 is 0 Å². The number of hydrogen-bond donors (Lipinski definition) is 0. The zero-order chi connectivity index (χ0) is 11.1. The first-order valence-corrected chi connectivity index (χ1v) is 6.74. The van der Waals surface area contributed by atoms with Crippen molar-refractivity contribution in [3.05, 3.63) is 29.3 Å². The predicted molar refractivity (Wildman–Crippen MR) is 69.1 cm³/mol. The molecule has 0 saturated heterocycles. The van der Waals surface area contributed by atoms with E-state index in [0.29, 0.717) is 0 Å². The second-order valence-electron chi connectivity index (χ2n) is 3.51. The molecule has 1 aromatic rings. The van der Waals surface area contributed by atoms with Crippen LogP contribution in [-0.2, 0) is 12.8 Å². The van der Waals surface area contributed by atoms with Gasteiger partial charge in [0.2, 0.25) is 0 Å². The Hall–Kier alpha value is -0.500. The number of benzene rings is 1. The summed E-state index contributed by atoms with van der Waals surface area (Å²) in [7, 11) is 0. The molecule has 0 aromatic heterocycles. The van der Waals surface area contributed by atoms with Gasteiger partial charge in [0.25, 0.3) is 0 Å². The molecule has 84 valence electrons. The van der Waals surface area contributed by atoms with Crippen LogP contribution in [-0.4, -0.2) is 11.9 Å². The molecule has 1 rings (SSSR count). The third-order valence-corrected chi connectivity index (χ3v) is 3.01. The number of ether oxygens (including phenoxy) is 1. The van der Waals surface area contributed by atoms with Gasteiger partial charge in [0, 0.05) is 5.33 Å². The Balaban J connectivity index is 2.81. The molecule has 0 spiro atoms. The van der Waals surface area contributed by atoms with Crippen molar-refractivity contribution in [2.75, 3.05) is 11.9 Å². The number of halogens is 1. The minimum absolute atomic E-state index is 0.739. The second-order valence-corrected chi connectivity index (χ2v) is 4.30. The molecule has 0 heterocycles. The molecular weight excluding hydrogens is 252 g/mol. The van der Waals surface area contributed by atoms with E-state index in [2.05, 4.69) is 41.1 Å². The zero-order valence-corrected chi connectivity index (χ0v) is 11.1. The maximum Gasteiger partial charge on any atom is 0.119 e. The summed E-state index contributed by atoms with van der Waals surface area (Å²) >= 11 is 3.47. The lowest BCUT2D eigenvalue weighted by Crippen LogP contribution is -1.97. The van der Waals surface area contributed by atoms with Gasteiger partial charge in [-0.25, -0.2) is 0 Å². The largest absolute Gasteiger partial charge is 0.494 e. The van der Waals surface area contributed by atoms with E-state index in [1.54, 1.807) is 0 Å². The molecule has 1 aromatic carbocycles. The number of aryl methyl sites for hydroxylation is 2. The van der Waals surface area contributed by atoms with Crippen LogP contribution < -0.4 is 4.74 Å². The molecule has 2 heteroatoms. The van der Waals surface area contributed by atoms with Gasteiger partial charge in [0.05, 0.1) is 6.61 Å². The molecule has 0 fully saturated rings. The molecule has 1 nitrogen and oxygen atoms in total. The van der Waals surface area contributed by atoms with Crippen LogP contribution in [0.3, 0.4) is 0 Å². The lowest BCUT2D eigenvalue weighted by atomic mass is 10.0. The lowest BCUT2D eigenvalue weighted by molar-refractivity contribution is 0.340. The summed E-state index contributed by atoms with van der Waals surface area (Å²) in [5.74, 6) is 0.999. The average Bonchev–Trinajstić information content (AvgIpc) is 2.27. The third-order valence-electron chi connectivity index (χ3n) is 2.45. The highest BCUT2D eigenvalue weighted by Crippen LogP contribution is 2.20. The van der Waals surface area contributed by atoms with Crippen molar-refractivity contribution in [1.29, 1.82) is 0 Å². The Morgan fingerprint density at radius 1 is 1.20 bits per heavy atom. The fourth-order valence-electron chi connectivity index (χ4n) is 1.69. The second kappa shape index (κ2) is 6.89. The monoisotopic (exact) mass is 270 g/mol. The third kappa shape index (κ3) is 3.86. The Morgan fingerprint density at radius 2 is 2.00 bits per heavy atom.